The maximum atomic E-state index is 12.1. The predicted molar refractivity (Wildman–Crippen MR) is 69.9 cm³/mol. The molecule has 0 saturated carbocycles. The molecule has 0 N–H and O–H groups in total. The lowest BCUT2D eigenvalue weighted by Crippen LogP contribution is -2.16. The van der Waals surface area contributed by atoms with Crippen LogP contribution in [0.1, 0.15) is 5.69 Å². The summed E-state index contributed by atoms with van der Waals surface area (Å²) in [4.78, 5) is 8.22. The molecule has 1 aromatic heterocycles. The van der Waals surface area contributed by atoms with Crippen LogP contribution in [0.3, 0.4) is 0 Å². The van der Waals surface area contributed by atoms with Gasteiger partial charge < -0.3 is 9.47 Å². The van der Waals surface area contributed by atoms with Crippen molar-refractivity contribution in [2.24, 2.45) is 0 Å². The van der Waals surface area contributed by atoms with Gasteiger partial charge in [-0.15, -0.1) is 13.2 Å². The predicted octanol–water partition coefficient (Wildman–Crippen LogP) is 3.84. The van der Waals surface area contributed by atoms with E-state index in [0.29, 0.717) is 17.0 Å². The number of nitrogens with zero attached hydrogens (tertiary/aromatic N) is 2. The smallest absolute Gasteiger partial charge is 0.406 e. The van der Waals surface area contributed by atoms with Crippen molar-refractivity contribution in [1.29, 1.82) is 0 Å². The van der Waals surface area contributed by atoms with E-state index >= 15 is 0 Å². The Morgan fingerprint density at radius 1 is 1.19 bits per heavy atom. The maximum Gasteiger partial charge on any atom is 0.573 e. The molecule has 0 spiro atoms. The molecule has 0 radical (unpaired) electrons. The molecule has 2 aromatic rings. The molecule has 2 rings (SSSR count). The van der Waals surface area contributed by atoms with Crippen molar-refractivity contribution < 1.29 is 22.6 Å². The lowest BCUT2D eigenvalue weighted by atomic mass is 10.1. The standard InChI is InChI=1S/C13H10ClF3N2O2/c1-20-7-10-12(18-6-11(14)19-10)8-2-4-9(5-3-8)21-13(15,16)17/h2-6H,7H2,1H3. The van der Waals surface area contributed by atoms with Crippen molar-refractivity contribution >= 4 is 11.6 Å². The van der Waals surface area contributed by atoms with Crippen LogP contribution in [0.15, 0.2) is 30.5 Å². The average Bonchev–Trinajstić information content (AvgIpc) is 2.39. The summed E-state index contributed by atoms with van der Waals surface area (Å²) in [6.07, 6.45) is -3.36. The normalized spacial score (nSPS) is 11.5. The third-order valence-corrected chi connectivity index (χ3v) is 2.64. The van der Waals surface area contributed by atoms with E-state index in [2.05, 4.69) is 14.7 Å². The van der Waals surface area contributed by atoms with Crippen LogP contribution in [0.2, 0.25) is 5.15 Å². The van der Waals surface area contributed by atoms with Gasteiger partial charge in [-0.1, -0.05) is 11.6 Å². The van der Waals surface area contributed by atoms with Gasteiger partial charge in [0.05, 0.1) is 24.2 Å². The molecule has 112 valence electrons. The number of benzene rings is 1. The molecule has 0 aliphatic heterocycles. The van der Waals surface area contributed by atoms with Gasteiger partial charge >= 0.3 is 6.36 Å². The van der Waals surface area contributed by atoms with Gasteiger partial charge in [0.25, 0.3) is 0 Å². The van der Waals surface area contributed by atoms with Gasteiger partial charge in [-0.05, 0) is 24.3 Å². The second kappa shape index (κ2) is 6.28. The van der Waals surface area contributed by atoms with Crippen molar-refractivity contribution in [2.45, 2.75) is 13.0 Å². The van der Waals surface area contributed by atoms with Crippen LogP contribution < -0.4 is 4.74 Å². The number of ether oxygens (including phenoxy) is 2. The molecule has 0 unspecified atom stereocenters. The van der Waals surface area contributed by atoms with Gasteiger partial charge in [0.1, 0.15) is 10.9 Å². The summed E-state index contributed by atoms with van der Waals surface area (Å²) in [5, 5.41) is 0.211. The van der Waals surface area contributed by atoms with Gasteiger partial charge in [-0.2, -0.15) is 0 Å². The third kappa shape index (κ3) is 4.30. The topological polar surface area (TPSA) is 44.2 Å². The summed E-state index contributed by atoms with van der Waals surface area (Å²) in [5.41, 5.74) is 1.56. The quantitative estimate of drug-likeness (QED) is 0.859. The Morgan fingerprint density at radius 2 is 1.86 bits per heavy atom. The SMILES string of the molecule is COCc1nc(Cl)cnc1-c1ccc(OC(F)(F)F)cc1. The fourth-order valence-corrected chi connectivity index (χ4v) is 1.85. The minimum absolute atomic E-state index is 0.184. The highest BCUT2D eigenvalue weighted by Gasteiger charge is 2.31. The van der Waals surface area contributed by atoms with Crippen molar-refractivity contribution in [3.63, 3.8) is 0 Å². The number of halogens is 4. The van der Waals surface area contributed by atoms with E-state index < -0.39 is 6.36 Å². The molecule has 0 aliphatic rings. The summed E-state index contributed by atoms with van der Waals surface area (Å²) >= 11 is 5.76. The van der Waals surface area contributed by atoms with Crippen LogP contribution in [0.25, 0.3) is 11.3 Å². The third-order valence-electron chi connectivity index (χ3n) is 2.46. The van der Waals surface area contributed by atoms with Crippen molar-refractivity contribution in [3.8, 4) is 17.0 Å². The molecule has 4 nitrogen and oxygen atoms in total. The Labute approximate surface area is 123 Å². The number of rotatable bonds is 4. The lowest BCUT2D eigenvalue weighted by Gasteiger charge is -2.10. The minimum Gasteiger partial charge on any atom is -0.406 e. The second-order valence-corrected chi connectivity index (χ2v) is 4.38. The Hall–Kier alpha value is -1.86. The number of aromatic nitrogens is 2. The molecular formula is C13H10ClF3N2O2. The average molecular weight is 319 g/mol. The van der Waals surface area contributed by atoms with E-state index in [1.165, 1.54) is 37.6 Å². The van der Waals surface area contributed by atoms with Crippen LogP contribution in [0.5, 0.6) is 5.75 Å². The van der Waals surface area contributed by atoms with Crippen molar-refractivity contribution in [2.75, 3.05) is 7.11 Å². The molecule has 0 aliphatic carbocycles. The number of alkyl halides is 3. The molecule has 0 amide bonds. The first-order valence-electron chi connectivity index (χ1n) is 5.75. The van der Waals surface area contributed by atoms with Crippen molar-refractivity contribution in [3.05, 3.63) is 41.3 Å². The van der Waals surface area contributed by atoms with Crippen LogP contribution in [-0.2, 0) is 11.3 Å². The summed E-state index contributed by atoms with van der Waals surface area (Å²) < 4.78 is 45.1. The summed E-state index contributed by atoms with van der Waals surface area (Å²) in [7, 11) is 1.49. The lowest BCUT2D eigenvalue weighted by molar-refractivity contribution is -0.274. The highest BCUT2D eigenvalue weighted by atomic mass is 35.5. The first-order chi connectivity index (χ1) is 9.89. The van der Waals surface area contributed by atoms with E-state index in [9.17, 15) is 13.2 Å². The Bertz CT molecular complexity index is 618. The molecular weight excluding hydrogens is 309 g/mol. The molecule has 1 aromatic carbocycles. The molecule has 0 saturated heterocycles. The summed E-state index contributed by atoms with van der Waals surface area (Å²) in [6.45, 7) is 0.184. The highest BCUT2D eigenvalue weighted by Crippen LogP contribution is 2.27. The number of hydrogen-bond acceptors (Lipinski definition) is 4. The molecule has 1 heterocycles. The van der Waals surface area contributed by atoms with E-state index in [4.69, 9.17) is 16.3 Å². The molecule has 0 fully saturated rings. The Kier molecular flexibility index (Phi) is 4.64. The van der Waals surface area contributed by atoms with Gasteiger partial charge in [-0.25, -0.2) is 4.98 Å². The van der Waals surface area contributed by atoms with Crippen LogP contribution in [0.4, 0.5) is 13.2 Å². The fraction of sp³-hybridized carbons (Fsp3) is 0.231. The molecule has 8 heteroatoms. The highest BCUT2D eigenvalue weighted by molar-refractivity contribution is 6.29. The van der Waals surface area contributed by atoms with E-state index in [-0.39, 0.29) is 17.5 Å². The largest absolute Gasteiger partial charge is 0.573 e. The van der Waals surface area contributed by atoms with Crippen LogP contribution >= 0.6 is 11.6 Å². The number of hydrogen-bond donors (Lipinski definition) is 0. The van der Waals surface area contributed by atoms with Gasteiger partial charge in [0.2, 0.25) is 0 Å². The Morgan fingerprint density at radius 3 is 2.43 bits per heavy atom. The molecule has 0 bridgehead atoms. The first-order valence-corrected chi connectivity index (χ1v) is 6.13. The summed E-state index contributed by atoms with van der Waals surface area (Å²) in [5.74, 6) is -0.304. The monoisotopic (exact) mass is 318 g/mol. The second-order valence-electron chi connectivity index (χ2n) is 3.99. The molecule has 21 heavy (non-hydrogen) atoms. The minimum atomic E-state index is -4.72. The van der Waals surface area contributed by atoms with Crippen LogP contribution in [-0.4, -0.2) is 23.4 Å². The zero-order valence-corrected chi connectivity index (χ0v) is 11.6. The van der Waals surface area contributed by atoms with Crippen LogP contribution in [0, 0.1) is 0 Å². The van der Waals surface area contributed by atoms with Crippen molar-refractivity contribution in [1.82, 2.24) is 9.97 Å². The zero-order chi connectivity index (χ0) is 15.5. The molecule has 0 atom stereocenters. The van der Waals surface area contributed by atoms with Gasteiger partial charge in [0.15, 0.2) is 0 Å². The zero-order valence-electron chi connectivity index (χ0n) is 10.8. The fourth-order valence-electron chi connectivity index (χ4n) is 1.70. The first kappa shape index (κ1) is 15.5. The van der Waals surface area contributed by atoms with Gasteiger partial charge in [0, 0.05) is 12.7 Å². The van der Waals surface area contributed by atoms with Gasteiger partial charge in [-0.3, -0.25) is 4.98 Å². The van der Waals surface area contributed by atoms with E-state index in [0.717, 1.165) is 0 Å². The number of methoxy groups -OCH3 is 1. The van der Waals surface area contributed by atoms with E-state index in [1.54, 1.807) is 0 Å². The maximum absolute atomic E-state index is 12.1. The Balaban J connectivity index is 2.30. The summed E-state index contributed by atoms with van der Waals surface area (Å²) in [6, 6.07) is 5.32. The van der Waals surface area contributed by atoms with E-state index in [1.807, 2.05) is 0 Å².